The van der Waals surface area contributed by atoms with E-state index in [4.69, 9.17) is 4.42 Å². The van der Waals surface area contributed by atoms with Crippen molar-refractivity contribution >= 4 is 23.6 Å². The number of rotatable bonds is 6. The molecule has 1 aromatic heterocycles. The summed E-state index contributed by atoms with van der Waals surface area (Å²) in [5.41, 5.74) is 1.05. The minimum atomic E-state index is -0.484. The molecule has 0 unspecified atom stereocenters. The Kier molecular flexibility index (Phi) is 5.84. The zero-order chi connectivity index (χ0) is 20.8. The number of likely N-dealkylation sites (N-methyl/N-ethyl adjacent to an activating group) is 1. The standard InChI is InChI=1S/C21H17N3O5/c1-22-21(26)18(23-20(25)15-5-3-2-4-6-15)13-17-11-12-19(29-17)14-7-9-16(10-8-14)24(27)28/h2-13H,1H3,(H,22,26)(H,23,25)/b18-13-. The van der Waals surface area contributed by atoms with Gasteiger partial charge in [-0.2, -0.15) is 0 Å². The highest BCUT2D eigenvalue weighted by atomic mass is 16.6. The lowest BCUT2D eigenvalue weighted by Crippen LogP contribution is -2.33. The lowest BCUT2D eigenvalue weighted by Gasteiger charge is -2.08. The molecule has 0 aliphatic carbocycles. The van der Waals surface area contributed by atoms with Crippen molar-refractivity contribution in [3.05, 3.63) is 93.9 Å². The number of hydrogen-bond acceptors (Lipinski definition) is 5. The molecular weight excluding hydrogens is 374 g/mol. The van der Waals surface area contributed by atoms with Gasteiger partial charge in [0.25, 0.3) is 17.5 Å². The van der Waals surface area contributed by atoms with E-state index >= 15 is 0 Å². The molecule has 2 amide bonds. The van der Waals surface area contributed by atoms with Crippen LogP contribution in [0.3, 0.4) is 0 Å². The Morgan fingerprint density at radius 1 is 1.00 bits per heavy atom. The summed E-state index contributed by atoms with van der Waals surface area (Å²) < 4.78 is 5.70. The molecule has 3 rings (SSSR count). The Morgan fingerprint density at radius 3 is 2.31 bits per heavy atom. The number of nitro benzene ring substituents is 1. The van der Waals surface area contributed by atoms with Crippen LogP contribution in [0.15, 0.2) is 76.8 Å². The van der Waals surface area contributed by atoms with Gasteiger partial charge in [0.05, 0.1) is 4.92 Å². The predicted octanol–water partition coefficient (Wildman–Crippen LogP) is 3.37. The number of amides is 2. The molecule has 2 aromatic carbocycles. The van der Waals surface area contributed by atoms with Crippen LogP contribution in [0.1, 0.15) is 16.1 Å². The third-order valence-corrected chi connectivity index (χ3v) is 4.03. The van der Waals surface area contributed by atoms with Crippen LogP contribution < -0.4 is 10.6 Å². The summed E-state index contributed by atoms with van der Waals surface area (Å²) in [6, 6.07) is 17.7. The van der Waals surface area contributed by atoms with Gasteiger partial charge in [-0.1, -0.05) is 18.2 Å². The maximum atomic E-state index is 12.4. The average molecular weight is 391 g/mol. The fourth-order valence-corrected chi connectivity index (χ4v) is 2.55. The van der Waals surface area contributed by atoms with Crippen molar-refractivity contribution in [1.82, 2.24) is 10.6 Å². The Balaban J connectivity index is 1.84. The van der Waals surface area contributed by atoms with Gasteiger partial charge in [-0.15, -0.1) is 0 Å². The van der Waals surface area contributed by atoms with E-state index in [0.717, 1.165) is 0 Å². The summed E-state index contributed by atoms with van der Waals surface area (Å²) in [4.78, 5) is 34.8. The third-order valence-electron chi connectivity index (χ3n) is 4.03. The van der Waals surface area contributed by atoms with Gasteiger partial charge in [0.2, 0.25) is 0 Å². The minimum Gasteiger partial charge on any atom is -0.457 e. The minimum absolute atomic E-state index is 0.0194. The largest absolute Gasteiger partial charge is 0.457 e. The van der Waals surface area contributed by atoms with Gasteiger partial charge in [0.15, 0.2) is 0 Å². The summed E-state index contributed by atoms with van der Waals surface area (Å²) in [5.74, 6) is -0.104. The van der Waals surface area contributed by atoms with Crippen LogP contribution in [0.4, 0.5) is 5.69 Å². The van der Waals surface area contributed by atoms with E-state index in [1.54, 1.807) is 54.6 Å². The van der Waals surface area contributed by atoms with Crippen molar-refractivity contribution in [3.8, 4) is 11.3 Å². The highest BCUT2D eigenvalue weighted by Gasteiger charge is 2.15. The first-order valence-electron chi connectivity index (χ1n) is 8.63. The molecule has 0 aliphatic heterocycles. The van der Waals surface area contributed by atoms with Crippen molar-refractivity contribution in [1.29, 1.82) is 0 Å². The topological polar surface area (TPSA) is 114 Å². The fraction of sp³-hybridized carbons (Fsp3) is 0.0476. The molecule has 8 nitrogen and oxygen atoms in total. The number of carbonyl (C=O) groups is 2. The molecule has 0 spiro atoms. The summed E-state index contributed by atoms with van der Waals surface area (Å²) in [6.07, 6.45) is 1.41. The first-order valence-corrected chi connectivity index (χ1v) is 8.63. The summed E-state index contributed by atoms with van der Waals surface area (Å²) in [6.45, 7) is 0. The Bertz CT molecular complexity index is 1070. The first-order chi connectivity index (χ1) is 14.0. The summed E-state index contributed by atoms with van der Waals surface area (Å²) in [7, 11) is 1.45. The summed E-state index contributed by atoms with van der Waals surface area (Å²) >= 11 is 0. The summed E-state index contributed by atoms with van der Waals surface area (Å²) in [5, 5.41) is 15.8. The van der Waals surface area contributed by atoms with Crippen LogP contribution in [0.25, 0.3) is 17.4 Å². The molecule has 2 N–H and O–H groups in total. The van der Waals surface area contributed by atoms with Crippen molar-refractivity contribution in [3.63, 3.8) is 0 Å². The lowest BCUT2D eigenvalue weighted by atomic mass is 10.1. The second kappa shape index (κ2) is 8.66. The molecule has 0 saturated heterocycles. The molecule has 0 saturated carbocycles. The zero-order valence-corrected chi connectivity index (χ0v) is 15.4. The van der Waals surface area contributed by atoms with E-state index in [9.17, 15) is 19.7 Å². The SMILES string of the molecule is CNC(=O)/C(=C/c1ccc(-c2ccc([N+](=O)[O-])cc2)o1)NC(=O)c1ccccc1. The van der Waals surface area contributed by atoms with Crippen LogP contribution >= 0.6 is 0 Å². The van der Waals surface area contributed by atoms with Crippen LogP contribution in [-0.4, -0.2) is 23.8 Å². The fourth-order valence-electron chi connectivity index (χ4n) is 2.55. The molecule has 8 heteroatoms. The molecule has 0 fully saturated rings. The monoisotopic (exact) mass is 391 g/mol. The van der Waals surface area contributed by atoms with Crippen molar-refractivity contribution < 1.29 is 18.9 Å². The van der Waals surface area contributed by atoms with Crippen molar-refractivity contribution in [2.24, 2.45) is 0 Å². The molecule has 29 heavy (non-hydrogen) atoms. The average Bonchev–Trinajstić information content (AvgIpc) is 3.22. The second-order valence-corrected chi connectivity index (χ2v) is 5.96. The molecule has 0 radical (unpaired) electrons. The number of benzene rings is 2. The molecule has 3 aromatic rings. The predicted molar refractivity (Wildman–Crippen MR) is 107 cm³/mol. The van der Waals surface area contributed by atoms with Crippen LogP contribution in [0.5, 0.6) is 0 Å². The van der Waals surface area contributed by atoms with Crippen LogP contribution in [0, 0.1) is 10.1 Å². The van der Waals surface area contributed by atoms with Crippen LogP contribution in [0.2, 0.25) is 0 Å². The lowest BCUT2D eigenvalue weighted by molar-refractivity contribution is -0.384. The maximum absolute atomic E-state index is 12.4. The van der Waals surface area contributed by atoms with Gasteiger partial charge < -0.3 is 15.1 Å². The number of nitrogens with zero attached hydrogens (tertiary/aromatic N) is 1. The molecule has 146 valence electrons. The first kappa shape index (κ1) is 19.6. The highest BCUT2D eigenvalue weighted by molar-refractivity contribution is 6.05. The zero-order valence-electron chi connectivity index (χ0n) is 15.4. The van der Waals surface area contributed by atoms with Crippen molar-refractivity contribution in [2.75, 3.05) is 7.05 Å². The maximum Gasteiger partial charge on any atom is 0.269 e. The van der Waals surface area contributed by atoms with Gasteiger partial charge in [-0.05, 0) is 36.4 Å². The van der Waals surface area contributed by atoms with Gasteiger partial charge in [0.1, 0.15) is 17.2 Å². The normalized spacial score (nSPS) is 11.0. The van der Waals surface area contributed by atoms with E-state index in [1.807, 2.05) is 0 Å². The number of nitro groups is 1. The van der Waals surface area contributed by atoms with Gasteiger partial charge in [0, 0.05) is 36.4 Å². The Morgan fingerprint density at radius 2 is 1.69 bits per heavy atom. The number of hydrogen-bond donors (Lipinski definition) is 2. The highest BCUT2D eigenvalue weighted by Crippen LogP contribution is 2.25. The quantitative estimate of drug-likeness (QED) is 0.380. The Hall–Kier alpha value is -4.20. The number of non-ortho nitro benzene ring substituents is 1. The van der Waals surface area contributed by atoms with E-state index in [0.29, 0.717) is 22.6 Å². The second-order valence-electron chi connectivity index (χ2n) is 5.96. The number of nitrogens with one attached hydrogen (secondary N) is 2. The van der Waals surface area contributed by atoms with E-state index in [-0.39, 0.29) is 11.4 Å². The smallest absolute Gasteiger partial charge is 0.269 e. The molecule has 0 atom stereocenters. The van der Waals surface area contributed by atoms with Gasteiger partial charge >= 0.3 is 0 Å². The van der Waals surface area contributed by atoms with Crippen LogP contribution in [-0.2, 0) is 4.79 Å². The van der Waals surface area contributed by atoms with E-state index in [1.165, 1.54) is 25.3 Å². The van der Waals surface area contributed by atoms with Gasteiger partial charge in [-0.25, -0.2) is 0 Å². The Labute approximate surface area is 166 Å². The molecule has 0 aliphatic rings. The molecule has 0 bridgehead atoms. The molecular formula is C21H17N3O5. The number of furan rings is 1. The van der Waals surface area contributed by atoms with Gasteiger partial charge in [-0.3, -0.25) is 19.7 Å². The molecule has 1 heterocycles. The van der Waals surface area contributed by atoms with Crippen molar-refractivity contribution in [2.45, 2.75) is 0 Å². The van der Waals surface area contributed by atoms with E-state index < -0.39 is 16.7 Å². The van der Waals surface area contributed by atoms with E-state index in [2.05, 4.69) is 10.6 Å². The third kappa shape index (κ3) is 4.75. The number of carbonyl (C=O) groups excluding carboxylic acids is 2.